The average Bonchev–Trinajstić information content (AvgIpc) is 2.59. The van der Waals surface area contributed by atoms with Gasteiger partial charge in [0.05, 0.1) is 5.56 Å². The highest BCUT2D eigenvalue weighted by Gasteiger charge is 2.82. The van der Waals surface area contributed by atoms with E-state index in [0.29, 0.717) is 12.5 Å². The SMILES string of the molecule is C=Cc1ccc(C(=O)OC(C)OS(=O)(=O)C(F)(F)C(F)(F)C(F)(F)S(=O)(=O)O)cc1. The minimum Gasteiger partial charge on any atom is -0.431 e. The molecule has 1 rings (SSSR count). The summed E-state index contributed by atoms with van der Waals surface area (Å²) < 4.78 is 140. The lowest BCUT2D eigenvalue weighted by atomic mass is 10.1. The first-order valence-corrected chi connectivity index (χ1v) is 10.1. The summed E-state index contributed by atoms with van der Waals surface area (Å²) in [5.74, 6) is -8.54. The van der Waals surface area contributed by atoms with Crippen LogP contribution in [0.1, 0.15) is 22.8 Å². The topological polar surface area (TPSA) is 124 Å². The second-order valence-electron chi connectivity index (χ2n) is 5.43. The van der Waals surface area contributed by atoms with Crippen molar-refractivity contribution in [2.75, 3.05) is 0 Å². The summed E-state index contributed by atoms with van der Waals surface area (Å²) >= 11 is 0. The number of carbonyl (C=O) groups excluding carboxylic acids is 1. The predicted octanol–water partition coefficient (Wildman–Crippen LogP) is 2.89. The van der Waals surface area contributed by atoms with Crippen LogP contribution in [0, 0.1) is 0 Å². The first-order chi connectivity index (χ1) is 13.3. The number of hydrogen-bond acceptors (Lipinski definition) is 7. The second kappa shape index (κ2) is 8.16. The largest absolute Gasteiger partial charge is 0.439 e. The average molecular weight is 486 g/mol. The lowest BCUT2D eigenvalue weighted by Gasteiger charge is -2.30. The molecule has 1 aromatic rings. The van der Waals surface area contributed by atoms with Crippen molar-refractivity contribution in [3.8, 4) is 0 Å². The monoisotopic (exact) mass is 486 g/mol. The molecule has 1 unspecified atom stereocenters. The highest BCUT2D eigenvalue weighted by molar-refractivity contribution is 7.88. The highest BCUT2D eigenvalue weighted by atomic mass is 32.2. The van der Waals surface area contributed by atoms with Crippen molar-refractivity contribution >= 4 is 32.3 Å². The number of halogens is 6. The molecular weight excluding hydrogens is 474 g/mol. The van der Waals surface area contributed by atoms with Gasteiger partial charge in [-0.1, -0.05) is 24.8 Å². The van der Waals surface area contributed by atoms with Crippen molar-refractivity contribution in [1.29, 1.82) is 0 Å². The third-order valence-corrected chi connectivity index (χ3v) is 5.60. The Morgan fingerprint density at radius 3 is 1.90 bits per heavy atom. The minimum atomic E-state index is -7.17. The van der Waals surface area contributed by atoms with Crippen LogP contribution in [0.4, 0.5) is 26.3 Å². The summed E-state index contributed by atoms with van der Waals surface area (Å²) in [6.45, 7) is 3.90. The van der Waals surface area contributed by atoms with Crippen LogP contribution in [0.3, 0.4) is 0 Å². The normalized spacial score (nSPS) is 14.8. The van der Waals surface area contributed by atoms with Gasteiger partial charge in [0.15, 0.2) is 0 Å². The smallest absolute Gasteiger partial charge is 0.431 e. The van der Waals surface area contributed by atoms with Gasteiger partial charge in [0, 0.05) is 0 Å². The minimum absolute atomic E-state index is 0.261. The third-order valence-electron chi connectivity index (χ3n) is 3.29. The van der Waals surface area contributed by atoms with Gasteiger partial charge in [-0.2, -0.15) is 43.2 Å². The van der Waals surface area contributed by atoms with Crippen LogP contribution >= 0.6 is 0 Å². The number of hydrogen-bond donors (Lipinski definition) is 1. The third kappa shape index (κ3) is 4.60. The van der Waals surface area contributed by atoms with E-state index in [0.717, 1.165) is 12.1 Å². The Labute approximate surface area is 166 Å². The summed E-state index contributed by atoms with van der Waals surface area (Å²) in [6, 6.07) is 4.96. The fourth-order valence-electron chi connectivity index (χ4n) is 1.72. The molecule has 8 nitrogen and oxygen atoms in total. The lowest BCUT2D eigenvalue weighted by Crippen LogP contribution is -2.61. The molecule has 0 aromatic heterocycles. The van der Waals surface area contributed by atoms with E-state index >= 15 is 0 Å². The van der Waals surface area contributed by atoms with Crippen molar-refractivity contribution in [1.82, 2.24) is 0 Å². The van der Waals surface area contributed by atoms with Crippen LogP contribution in [0.25, 0.3) is 6.08 Å². The van der Waals surface area contributed by atoms with E-state index in [1.807, 2.05) is 0 Å². The fraction of sp³-hybridized carbons (Fsp3) is 0.357. The number of esters is 1. The Hall–Kier alpha value is -2.17. The van der Waals surface area contributed by atoms with E-state index in [1.165, 1.54) is 18.2 Å². The van der Waals surface area contributed by atoms with E-state index in [4.69, 9.17) is 4.55 Å². The summed E-state index contributed by atoms with van der Waals surface area (Å²) in [7, 11) is -14.2. The van der Waals surface area contributed by atoms with Crippen molar-refractivity contribution < 1.29 is 61.4 Å². The van der Waals surface area contributed by atoms with Gasteiger partial charge in [-0.25, -0.2) is 8.98 Å². The maximum atomic E-state index is 13.6. The maximum Gasteiger partial charge on any atom is 0.439 e. The van der Waals surface area contributed by atoms with Crippen LogP contribution in [-0.4, -0.2) is 50.1 Å². The van der Waals surface area contributed by atoms with Gasteiger partial charge >= 0.3 is 42.6 Å². The molecule has 0 radical (unpaired) electrons. The number of alkyl halides is 6. The second-order valence-corrected chi connectivity index (χ2v) is 8.51. The van der Waals surface area contributed by atoms with E-state index in [2.05, 4.69) is 15.5 Å². The number of carbonyl (C=O) groups is 1. The summed E-state index contributed by atoms with van der Waals surface area (Å²) in [4.78, 5) is 11.8. The van der Waals surface area contributed by atoms with Crippen LogP contribution in [0.15, 0.2) is 30.8 Å². The van der Waals surface area contributed by atoms with Crippen LogP contribution in [0.2, 0.25) is 0 Å². The maximum absolute atomic E-state index is 13.6. The summed E-state index contributed by atoms with van der Waals surface area (Å²) in [5, 5.41) is -13.8. The standard InChI is InChI=1S/C14H12F6O8S2/c1-3-9-4-6-10(7-5-9)11(21)27-8(2)28-30(25,26)14(19,20)12(15,16)13(17,18)29(22,23)24/h3-8H,1H2,2H3,(H,22,23,24). The molecule has 0 heterocycles. The van der Waals surface area contributed by atoms with Gasteiger partial charge in [0.2, 0.25) is 6.29 Å². The van der Waals surface area contributed by atoms with Crippen molar-refractivity contribution in [3.63, 3.8) is 0 Å². The Bertz CT molecular complexity index is 1020. The predicted molar refractivity (Wildman–Crippen MR) is 87.8 cm³/mol. The molecule has 0 fully saturated rings. The molecule has 1 atom stereocenters. The Kier molecular flexibility index (Phi) is 7.04. The molecule has 0 bridgehead atoms. The Morgan fingerprint density at radius 2 is 1.50 bits per heavy atom. The first-order valence-electron chi connectivity index (χ1n) is 7.28. The molecule has 0 spiro atoms. The molecule has 1 N–H and O–H groups in total. The zero-order valence-electron chi connectivity index (χ0n) is 14.6. The van der Waals surface area contributed by atoms with Gasteiger partial charge in [-0.3, -0.25) is 4.55 Å². The van der Waals surface area contributed by atoms with Gasteiger partial charge in [-0.15, -0.1) is 0 Å². The van der Waals surface area contributed by atoms with E-state index in [9.17, 15) is 48.0 Å². The van der Waals surface area contributed by atoms with Gasteiger partial charge in [0.25, 0.3) is 0 Å². The van der Waals surface area contributed by atoms with Gasteiger partial charge < -0.3 is 4.74 Å². The molecule has 0 saturated carbocycles. The molecule has 0 amide bonds. The molecule has 1 aromatic carbocycles. The van der Waals surface area contributed by atoms with E-state index < -0.39 is 48.9 Å². The molecule has 30 heavy (non-hydrogen) atoms. The zero-order valence-corrected chi connectivity index (χ0v) is 16.2. The van der Waals surface area contributed by atoms with Gasteiger partial charge in [-0.05, 0) is 24.6 Å². The number of rotatable bonds is 9. The van der Waals surface area contributed by atoms with Crippen LogP contribution in [0.5, 0.6) is 0 Å². The first kappa shape index (κ1) is 25.9. The Balaban J connectivity index is 3.09. The van der Waals surface area contributed by atoms with Crippen molar-refractivity contribution in [3.05, 3.63) is 42.0 Å². The summed E-state index contributed by atoms with van der Waals surface area (Å²) in [6.07, 6.45) is -1.14. The van der Waals surface area contributed by atoms with Crippen molar-refractivity contribution in [2.24, 2.45) is 0 Å². The summed E-state index contributed by atoms with van der Waals surface area (Å²) in [5.41, 5.74) is 0.281. The fourth-order valence-corrected chi connectivity index (χ4v) is 3.20. The quantitative estimate of drug-likeness (QED) is 0.186. The molecule has 0 aliphatic carbocycles. The molecular formula is C14H12F6O8S2. The van der Waals surface area contributed by atoms with Crippen LogP contribution in [-0.2, 0) is 29.2 Å². The molecule has 0 saturated heterocycles. The molecule has 170 valence electrons. The number of ether oxygens (including phenoxy) is 1. The van der Waals surface area contributed by atoms with E-state index in [1.54, 1.807) is 0 Å². The molecule has 0 aliphatic rings. The molecule has 16 heteroatoms. The van der Waals surface area contributed by atoms with Gasteiger partial charge in [0.1, 0.15) is 0 Å². The van der Waals surface area contributed by atoms with Crippen LogP contribution < -0.4 is 0 Å². The number of benzene rings is 1. The zero-order chi connectivity index (χ0) is 23.8. The lowest BCUT2D eigenvalue weighted by molar-refractivity contribution is -0.249. The highest BCUT2D eigenvalue weighted by Crippen LogP contribution is 2.51. The molecule has 0 aliphatic heterocycles. The van der Waals surface area contributed by atoms with Crippen molar-refractivity contribution in [2.45, 2.75) is 29.6 Å². The van der Waals surface area contributed by atoms with E-state index in [-0.39, 0.29) is 5.56 Å². The Morgan fingerprint density at radius 1 is 1.03 bits per heavy atom.